The third-order valence-electron chi connectivity index (χ3n) is 6.08. The van der Waals surface area contributed by atoms with Crippen LogP contribution < -0.4 is 16.4 Å². The minimum absolute atomic E-state index is 0.0217. The molecule has 2 N–H and O–H groups in total. The van der Waals surface area contributed by atoms with Gasteiger partial charge in [0.05, 0.1) is 23.6 Å². The van der Waals surface area contributed by atoms with E-state index in [4.69, 9.17) is 15.1 Å². The van der Waals surface area contributed by atoms with E-state index >= 15 is 0 Å². The molecule has 0 aliphatic carbocycles. The van der Waals surface area contributed by atoms with Gasteiger partial charge in [0.1, 0.15) is 16.8 Å². The Balaban J connectivity index is 1.66. The highest BCUT2D eigenvalue weighted by atomic mass is 16.5. The highest BCUT2D eigenvalue weighted by Gasteiger charge is 2.22. The van der Waals surface area contributed by atoms with Crippen molar-refractivity contribution in [3.05, 3.63) is 87.3 Å². The summed E-state index contributed by atoms with van der Waals surface area (Å²) in [4.78, 5) is 31.2. The number of aromatic nitrogens is 3. The van der Waals surface area contributed by atoms with Gasteiger partial charge in [0.2, 0.25) is 0 Å². The first kappa shape index (κ1) is 21.1. The molecule has 33 heavy (non-hydrogen) atoms. The van der Waals surface area contributed by atoms with Gasteiger partial charge in [-0.15, -0.1) is 0 Å². The van der Waals surface area contributed by atoms with Crippen LogP contribution in [0.25, 0.3) is 16.7 Å². The van der Waals surface area contributed by atoms with Crippen molar-refractivity contribution in [3.63, 3.8) is 0 Å². The number of hydrogen-bond acceptors (Lipinski definition) is 5. The summed E-state index contributed by atoms with van der Waals surface area (Å²) in [6.45, 7) is 3.26. The molecule has 0 saturated carbocycles. The van der Waals surface area contributed by atoms with Crippen LogP contribution in [0, 0.1) is 12.3 Å². The third kappa shape index (κ3) is 3.93. The number of hydrogen-bond donors (Lipinski definition) is 2. The highest BCUT2D eigenvalue weighted by Crippen LogP contribution is 2.17. The van der Waals surface area contributed by atoms with E-state index in [-0.39, 0.29) is 22.7 Å². The summed E-state index contributed by atoms with van der Waals surface area (Å²) in [5.41, 5.74) is 2.64. The highest BCUT2D eigenvalue weighted by molar-refractivity contribution is 5.96. The summed E-state index contributed by atoms with van der Waals surface area (Å²) in [6, 6.07) is 14.8. The quantitative estimate of drug-likeness (QED) is 0.463. The van der Waals surface area contributed by atoms with Gasteiger partial charge in [0.25, 0.3) is 11.5 Å². The van der Waals surface area contributed by atoms with Gasteiger partial charge in [-0.2, -0.15) is 0 Å². The summed E-state index contributed by atoms with van der Waals surface area (Å²) in [5, 5.41) is 12.0. The first-order valence-corrected chi connectivity index (χ1v) is 11.1. The maximum atomic E-state index is 13.4. The van der Waals surface area contributed by atoms with Crippen molar-refractivity contribution in [2.24, 2.45) is 0 Å². The van der Waals surface area contributed by atoms with Crippen molar-refractivity contribution >= 4 is 22.6 Å². The lowest BCUT2D eigenvalue weighted by atomic mass is 10.1. The van der Waals surface area contributed by atoms with Gasteiger partial charge in [0.15, 0.2) is 0 Å². The standard InChI is InChI=1S/C25H25N5O3/c1-16-7-5-11-29-22(16)28-23-20(25(29)32)13-19(21(26)30(23)15-18-10-6-12-33-18)24(31)27-14-17-8-3-2-4-9-17/h2-5,7-9,11,13,18,26H,6,10,12,14-15H2,1H3,(H,27,31)/t18-/m1/s1. The third-order valence-corrected chi connectivity index (χ3v) is 6.08. The largest absolute Gasteiger partial charge is 0.376 e. The zero-order chi connectivity index (χ0) is 22.9. The molecule has 0 bridgehead atoms. The van der Waals surface area contributed by atoms with E-state index in [0.29, 0.717) is 36.4 Å². The van der Waals surface area contributed by atoms with Crippen LogP contribution in [-0.4, -0.2) is 32.6 Å². The fourth-order valence-corrected chi connectivity index (χ4v) is 4.31. The van der Waals surface area contributed by atoms with Crippen molar-refractivity contribution in [1.29, 1.82) is 5.41 Å². The number of pyridine rings is 2. The zero-order valence-corrected chi connectivity index (χ0v) is 18.4. The van der Waals surface area contributed by atoms with Gasteiger partial charge < -0.3 is 14.6 Å². The van der Waals surface area contributed by atoms with Gasteiger partial charge in [-0.05, 0) is 43.0 Å². The first-order chi connectivity index (χ1) is 16.0. The van der Waals surface area contributed by atoms with E-state index in [0.717, 1.165) is 24.0 Å². The predicted octanol–water partition coefficient (Wildman–Crippen LogP) is 2.55. The molecular weight excluding hydrogens is 418 g/mol. The number of carbonyl (C=O) groups is 1. The monoisotopic (exact) mass is 443 g/mol. The number of amides is 1. The summed E-state index contributed by atoms with van der Waals surface area (Å²) in [6.07, 6.45) is 3.41. The number of nitrogens with zero attached hydrogens (tertiary/aromatic N) is 3. The molecule has 4 aromatic rings. The Hall–Kier alpha value is -3.78. The maximum Gasteiger partial charge on any atom is 0.267 e. The second kappa shape index (κ2) is 8.63. The predicted molar refractivity (Wildman–Crippen MR) is 124 cm³/mol. The Morgan fingerprint density at radius 2 is 2.03 bits per heavy atom. The lowest BCUT2D eigenvalue weighted by Crippen LogP contribution is -2.36. The fraction of sp³-hybridized carbons (Fsp3) is 0.280. The van der Waals surface area contributed by atoms with E-state index in [9.17, 15) is 9.59 Å². The molecule has 1 amide bonds. The topological polar surface area (TPSA) is 101 Å². The molecule has 5 rings (SSSR count). The Morgan fingerprint density at radius 1 is 1.21 bits per heavy atom. The first-order valence-electron chi connectivity index (χ1n) is 11.1. The van der Waals surface area contributed by atoms with E-state index in [1.807, 2.05) is 43.3 Å². The summed E-state index contributed by atoms with van der Waals surface area (Å²) < 4.78 is 8.93. The van der Waals surface area contributed by atoms with Crippen LogP contribution in [-0.2, 0) is 17.8 Å². The smallest absolute Gasteiger partial charge is 0.267 e. The molecule has 8 nitrogen and oxygen atoms in total. The van der Waals surface area contributed by atoms with Gasteiger partial charge >= 0.3 is 0 Å². The molecular formula is C25H25N5O3. The average Bonchev–Trinajstić information content (AvgIpc) is 3.34. The summed E-state index contributed by atoms with van der Waals surface area (Å²) >= 11 is 0. The number of ether oxygens (including phenoxy) is 1. The van der Waals surface area contributed by atoms with Crippen LogP contribution in [0.2, 0.25) is 0 Å². The normalized spacial score (nSPS) is 15.8. The van der Waals surface area contributed by atoms with Gasteiger partial charge in [0, 0.05) is 19.3 Å². The Bertz CT molecular complexity index is 1470. The molecule has 3 aromatic heterocycles. The van der Waals surface area contributed by atoms with Gasteiger partial charge in [-0.25, -0.2) is 4.98 Å². The van der Waals surface area contributed by atoms with Crippen LogP contribution in [0.3, 0.4) is 0 Å². The van der Waals surface area contributed by atoms with Crippen LogP contribution in [0.4, 0.5) is 0 Å². The molecule has 168 valence electrons. The zero-order valence-electron chi connectivity index (χ0n) is 18.4. The van der Waals surface area contributed by atoms with E-state index < -0.39 is 5.91 Å². The van der Waals surface area contributed by atoms with E-state index in [1.165, 1.54) is 10.5 Å². The van der Waals surface area contributed by atoms with Crippen LogP contribution in [0.1, 0.15) is 34.3 Å². The van der Waals surface area contributed by atoms with E-state index in [2.05, 4.69) is 5.32 Å². The van der Waals surface area contributed by atoms with Crippen molar-refractivity contribution < 1.29 is 9.53 Å². The molecule has 1 aliphatic heterocycles. The Morgan fingerprint density at radius 3 is 2.79 bits per heavy atom. The van der Waals surface area contributed by atoms with Crippen molar-refractivity contribution in [2.75, 3.05) is 6.61 Å². The van der Waals surface area contributed by atoms with E-state index in [1.54, 1.807) is 16.8 Å². The van der Waals surface area contributed by atoms with Gasteiger partial charge in [-0.1, -0.05) is 36.4 Å². The minimum Gasteiger partial charge on any atom is -0.376 e. The number of nitrogens with one attached hydrogen (secondary N) is 2. The minimum atomic E-state index is -0.402. The Labute approximate surface area is 190 Å². The molecule has 1 fully saturated rings. The SMILES string of the molecule is Cc1cccn2c(=O)c3cc(C(=O)NCc4ccccc4)c(=N)n(C[C@H]4CCCO4)c3nc12. The molecule has 4 heterocycles. The molecule has 1 saturated heterocycles. The molecule has 1 aliphatic rings. The van der Waals surface area contributed by atoms with Gasteiger partial charge in [-0.3, -0.25) is 19.4 Å². The molecule has 8 heteroatoms. The molecule has 1 atom stereocenters. The summed E-state index contributed by atoms with van der Waals surface area (Å²) in [7, 11) is 0. The number of carbonyl (C=O) groups excluding carboxylic acids is 1. The Kier molecular flexibility index (Phi) is 5.51. The molecule has 0 radical (unpaired) electrons. The van der Waals surface area contributed by atoms with Crippen molar-refractivity contribution in [1.82, 2.24) is 19.3 Å². The number of benzene rings is 1. The fourth-order valence-electron chi connectivity index (χ4n) is 4.31. The van der Waals surface area contributed by atoms with Crippen LogP contribution >= 0.6 is 0 Å². The second-order valence-corrected chi connectivity index (χ2v) is 8.36. The average molecular weight is 444 g/mol. The molecule has 1 aromatic carbocycles. The second-order valence-electron chi connectivity index (χ2n) is 8.36. The van der Waals surface area contributed by atoms with Crippen LogP contribution in [0.5, 0.6) is 0 Å². The summed E-state index contributed by atoms with van der Waals surface area (Å²) in [5.74, 6) is -0.402. The lowest BCUT2D eigenvalue weighted by molar-refractivity contribution is 0.0931. The van der Waals surface area contributed by atoms with Crippen molar-refractivity contribution in [2.45, 2.75) is 39.0 Å². The number of fused-ring (bicyclic) bond motifs is 2. The van der Waals surface area contributed by atoms with Crippen LogP contribution in [0.15, 0.2) is 59.5 Å². The molecule has 0 spiro atoms. The van der Waals surface area contributed by atoms with Crippen molar-refractivity contribution in [3.8, 4) is 0 Å². The molecule has 0 unspecified atom stereocenters. The lowest BCUT2D eigenvalue weighted by Gasteiger charge is -2.18. The maximum absolute atomic E-state index is 13.4. The number of aryl methyl sites for hydroxylation is 1. The number of rotatable bonds is 5.